The Bertz CT molecular complexity index is 814. The summed E-state index contributed by atoms with van der Waals surface area (Å²) >= 11 is 0. The van der Waals surface area contributed by atoms with E-state index in [2.05, 4.69) is 78.4 Å². The molecule has 0 saturated carbocycles. The third-order valence-electron chi connectivity index (χ3n) is 4.35. The summed E-state index contributed by atoms with van der Waals surface area (Å²) in [5.41, 5.74) is 4.98. The number of aromatic nitrogens is 2. The molecule has 1 atom stereocenters. The van der Waals surface area contributed by atoms with Crippen LogP contribution in [-0.4, -0.2) is 9.55 Å². The third-order valence-corrected chi connectivity index (χ3v) is 4.35. The molecule has 0 radical (unpaired) electrons. The van der Waals surface area contributed by atoms with Gasteiger partial charge < -0.3 is 4.57 Å². The van der Waals surface area contributed by atoms with Gasteiger partial charge in [0, 0.05) is 29.8 Å². The summed E-state index contributed by atoms with van der Waals surface area (Å²) in [5, 5.41) is 0. The molecule has 2 heterocycles. The number of hydrogen-bond acceptors (Lipinski definition) is 1. The van der Waals surface area contributed by atoms with Gasteiger partial charge in [0.05, 0.1) is 5.69 Å². The van der Waals surface area contributed by atoms with Gasteiger partial charge in [0.25, 0.3) is 0 Å². The van der Waals surface area contributed by atoms with Crippen molar-refractivity contribution in [1.82, 2.24) is 9.55 Å². The number of nitrogens with zero attached hydrogens (tertiary/aromatic N) is 2. The molecule has 0 saturated heterocycles. The Hall–Kier alpha value is -2.61. The van der Waals surface area contributed by atoms with Crippen molar-refractivity contribution in [2.45, 2.75) is 19.3 Å². The molecule has 3 aromatic rings. The van der Waals surface area contributed by atoms with Crippen LogP contribution in [0.25, 0.3) is 17.6 Å². The van der Waals surface area contributed by atoms with Crippen molar-refractivity contribution in [2.75, 3.05) is 0 Å². The zero-order valence-corrected chi connectivity index (χ0v) is 12.6. The van der Waals surface area contributed by atoms with Crippen molar-refractivity contribution in [3.63, 3.8) is 0 Å². The van der Waals surface area contributed by atoms with Crippen LogP contribution in [0.5, 0.6) is 0 Å². The minimum Gasteiger partial charge on any atom is -0.304 e. The van der Waals surface area contributed by atoms with Crippen molar-refractivity contribution in [3.8, 4) is 11.4 Å². The predicted molar refractivity (Wildman–Crippen MR) is 90.6 cm³/mol. The van der Waals surface area contributed by atoms with Gasteiger partial charge in [-0.1, -0.05) is 66.7 Å². The van der Waals surface area contributed by atoms with Crippen molar-refractivity contribution in [3.05, 3.63) is 83.7 Å². The highest BCUT2D eigenvalue weighted by Gasteiger charge is 2.21. The highest BCUT2D eigenvalue weighted by molar-refractivity contribution is 5.61. The minimum atomic E-state index is 0.438. The van der Waals surface area contributed by atoms with E-state index in [1.54, 1.807) is 0 Å². The van der Waals surface area contributed by atoms with E-state index in [4.69, 9.17) is 4.98 Å². The number of benzene rings is 2. The number of aryl methyl sites for hydroxylation is 1. The number of allylic oxidation sites excluding steroid dienone is 1. The molecule has 0 fully saturated rings. The monoisotopic (exact) mass is 286 g/mol. The standard InChI is InChI=1S/C20H18N2/c1-15-19-14-18(16-8-4-2-5-9-16)12-13-22(19)20(21-15)17-10-6-3-7-11-17/h2-13,18H,14H2,1H3. The van der Waals surface area contributed by atoms with E-state index in [1.165, 1.54) is 16.8 Å². The Kier molecular flexibility index (Phi) is 3.15. The smallest absolute Gasteiger partial charge is 0.144 e. The molecule has 0 bridgehead atoms. The maximum Gasteiger partial charge on any atom is 0.144 e. The molecule has 1 aliphatic rings. The summed E-state index contributed by atoms with van der Waals surface area (Å²) < 4.78 is 2.24. The molecule has 1 aromatic heterocycles. The lowest BCUT2D eigenvalue weighted by atomic mass is 9.92. The number of fused-ring (bicyclic) bond motifs is 1. The molecule has 2 nitrogen and oxygen atoms in total. The second-order valence-corrected chi connectivity index (χ2v) is 5.77. The van der Waals surface area contributed by atoms with E-state index < -0.39 is 0 Å². The molecule has 2 aromatic carbocycles. The molecule has 2 heteroatoms. The summed E-state index contributed by atoms with van der Waals surface area (Å²) in [6.07, 6.45) is 5.47. The fraction of sp³-hybridized carbons (Fsp3) is 0.150. The summed E-state index contributed by atoms with van der Waals surface area (Å²) in [5.74, 6) is 1.48. The molecule has 1 aliphatic heterocycles. The third kappa shape index (κ3) is 2.17. The van der Waals surface area contributed by atoms with E-state index in [0.29, 0.717) is 5.92 Å². The zero-order valence-electron chi connectivity index (χ0n) is 12.6. The Morgan fingerprint density at radius 2 is 1.64 bits per heavy atom. The van der Waals surface area contributed by atoms with Gasteiger partial charge in [-0.3, -0.25) is 0 Å². The molecule has 1 unspecified atom stereocenters. The fourth-order valence-electron chi connectivity index (χ4n) is 3.17. The van der Waals surface area contributed by atoms with Gasteiger partial charge in [-0.05, 0) is 12.5 Å². The van der Waals surface area contributed by atoms with E-state index in [0.717, 1.165) is 17.9 Å². The van der Waals surface area contributed by atoms with E-state index >= 15 is 0 Å². The van der Waals surface area contributed by atoms with Crippen LogP contribution >= 0.6 is 0 Å². The molecule has 22 heavy (non-hydrogen) atoms. The normalized spacial score (nSPS) is 16.5. The Morgan fingerprint density at radius 3 is 2.36 bits per heavy atom. The van der Waals surface area contributed by atoms with Crippen molar-refractivity contribution >= 4 is 6.20 Å². The van der Waals surface area contributed by atoms with Gasteiger partial charge in [-0.25, -0.2) is 4.98 Å². The van der Waals surface area contributed by atoms with Crippen LogP contribution in [0.4, 0.5) is 0 Å². The number of rotatable bonds is 2. The lowest BCUT2D eigenvalue weighted by Gasteiger charge is -2.20. The predicted octanol–water partition coefficient (Wildman–Crippen LogP) is 4.67. The van der Waals surface area contributed by atoms with Crippen LogP contribution in [-0.2, 0) is 6.42 Å². The molecule has 4 rings (SSSR count). The average molecular weight is 286 g/mol. The fourth-order valence-corrected chi connectivity index (χ4v) is 3.17. The van der Waals surface area contributed by atoms with Crippen molar-refractivity contribution < 1.29 is 0 Å². The summed E-state index contributed by atoms with van der Waals surface area (Å²) in [7, 11) is 0. The molecular formula is C20H18N2. The Morgan fingerprint density at radius 1 is 0.955 bits per heavy atom. The lowest BCUT2D eigenvalue weighted by Crippen LogP contribution is -2.10. The quantitative estimate of drug-likeness (QED) is 0.669. The average Bonchev–Trinajstić information content (AvgIpc) is 2.93. The molecule has 0 aliphatic carbocycles. The van der Waals surface area contributed by atoms with E-state index in [1.807, 2.05) is 6.07 Å². The largest absolute Gasteiger partial charge is 0.304 e. The summed E-state index contributed by atoms with van der Waals surface area (Å²) in [6, 6.07) is 21.1. The maximum atomic E-state index is 4.80. The first-order chi connectivity index (χ1) is 10.8. The first kappa shape index (κ1) is 13.1. The van der Waals surface area contributed by atoms with Crippen molar-refractivity contribution in [2.24, 2.45) is 0 Å². The topological polar surface area (TPSA) is 17.8 Å². The second kappa shape index (κ2) is 5.30. The van der Waals surface area contributed by atoms with Crippen LogP contribution in [0.2, 0.25) is 0 Å². The van der Waals surface area contributed by atoms with Crippen molar-refractivity contribution in [1.29, 1.82) is 0 Å². The van der Waals surface area contributed by atoms with Gasteiger partial charge in [0.15, 0.2) is 0 Å². The van der Waals surface area contributed by atoms with Gasteiger partial charge >= 0.3 is 0 Å². The number of hydrogen-bond donors (Lipinski definition) is 0. The van der Waals surface area contributed by atoms with Gasteiger partial charge in [0.1, 0.15) is 5.82 Å². The molecule has 0 amide bonds. The summed E-state index contributed by atoms with van der Waals surface area (Å²) in [6.45, 7) is 2.11. The minimum absolute atomic E-state index is 0.438. The first-order valence-corrected chi connectivity index (χ1v) is 7.69. The van der Waals surface area contributed by atoms with Crippen LogP contribution < -0.4 is 0 Å². The van der Waals surface area contributed by atoms with Gasteiger partial charge in [-0.2, -0.15) is 0 Å². The van der Waals surface area contributed by atoms with E-state index in [9.17, 15) is 0 Å². The highest BCUT2D eigenvalue weighted by Crippen LogP contribution is 2.32. The molecular weight excluding hydrogens is 268 g/mol. The maximum absolute atomic E-state index is 4.80. The number of imidazole rings is 1. The van der Waals surface area contributed by atoms with E-state index in [-0.39, 0.29) is 0 Å². The molecule has 0 N–H and O–H groups in total. The Balaban J connectivity index is 1.75. The van der Waals surface area contributed by atoms with Crippen LogP contribution in [0.15, 0.2) is 66.7 Å². The molecule has 0 spiro atoms. The lowest BCUT2D eigenvalue weighted by molar-refractivity contribution is 0.766. The SMILES string of the molecule is Cc1nc(-c2ccccc2)n2c1CC(c1ccccc1)C=C2. The molecule has 108 valence electrons. The first-order valence-electron chi connectivity index (χ1n) is 7.69. The van der Waals surface area contributed by atoms with Crippen LogP contribution in [0, 0.1) is 6.92 Å². The Labute approximate surface area is 130 Å². The van der Waals surface area contributed by atoms with Crippen LogP contribution in [0.3, 0.4) is 0 Å². The summed E-state index contributed by atoms with van der Waals surface area (Å²) in [4.78, 5) is 4.80. The zero-order chi connectivity index (χ0) is 14.9. The second-order valence-electron chi connectivity index (χ2n) is 5.77. The van der Waals surface area contributed by atoms with Crippen LogP contribution in [0.1, 0.15) is 22.9 Å². The van der Waals surface area contributed by atoms with Gasteiger partial charge in [-0.15, -0.1) is 0 Å². The highest BCUT2D eigenvalue weighted by atomic mass is 15.1. The van der Waals surface area contributed by atoms with Gasteiger partial charge in [0.2, 0.25) is 0 Å².